The topological polar surface area (TPSA) is 253 Å². The molecule has 2 aliphatic rings. The standard InChI is InChI=1S/C26H26Cl2N8O3.C16H14Cl2N6O2.C10H13BrN2O/c1-37-19-10-20(38-2)24(28)25(23(19)27)35-26-17(12-29-14-33-26)18-9-22(32-15-31-18)34-21-4-3-16(11-30-21)13-36-5-7-39-8-6-36;1-25-10-4-11(26-2)14(18)15(13(10)17)24-16-8(5-20-6-23-16)9-3-12(19)22-7-21-9;11-10-2-1-9(7-12-10)8-13-3-5-14-6-4-13/h3-4,9-12,14-15H,5-8,13H2,1-2H3,(H,29,33,35)(H,30,31,32,34);3-7H,1-2H3,(H2,19,21,22)(H,20,23,24);1-2,7H,3-6,8H2. The smallest absolute Gasteiger partial charge is 0.143 e. The fourth-order valence-corrected chi connectivity index (χ4v) is 9.24. The van der Waals surface area contributed by atoms with Gasteiger partial charge in [0.15, 0.2) is 0 Å². The summed E-state index contributed by atoms with van der Waals surface area (Å²) in [5, 5.41) is 10.6. The fraction of sp³-hybridized carbons (Fsp3) is 0.269. The maximum Gasteiger partial charge on any atom is 0.143 e. The second kappa shape index (κ2) is 28.7. The van der Waals surface area contributed by atoms with Gasteiger partial charge in [0.05, 0.1) is 88.8 Å². The van der Waals surface area contributed by atoms with Crippen LogP contribution >= 0.6 is 62.3 Å². The summed E-state index contributed by atoms with van der Waals surface area (Å²) in [6, 6.07) is 14.7. The Balaban J connectivity index is 0.000000175. The third-order valence-electron chi connectivity index (χ3n) is 11.9. The molecule has 412 valence electrons. The van der Waals surface area contributed by atoms with Crippen LogP contribution in [0.4, 0.5) is 40.5 Å². The van der Waals surface area contributed by atoms with Gasteiger partial charge < -0.3 is 50.1 Å². The van der Waals surface area contributed by atoms with Gasteiger partial charge in [0.1, 0.15) is 102 Å². The highest BCUT2D eigenvalue weighted by molar-refractivity contribution is 9.10. The van der Waals surface area contributed by atoms with Crippen molar-refractivity contribution >= 4 is 103 Å². The Labute approximate surface area is 483 Å². The number of morpholine rings is 2. The summed E-state index contributed by atoms with van der Waals surface area (Å²) in [6.07, 6.45) is 12.6. The number of rotatable bonds is 16. The Morgan fingerprint density at radius 2 is 0.962 bits per heavy atom. The van der Waals surface area contributed by atoms with Crippen LogP contribution in [0.3, 0.4) is 0 Å². The molecule has 0 aliphatic carbocycles. The van der Waals surface area contributed by atoms with Gasteiger partial charge >= 0.3 is 0 Å². The first-order valence-corrected chi connectivity index (χ1v) is 26.4. The fourth-order valence-electron chi connectivity index (χ4n) is 7.81. The third-order valence-corrected chi connectivity index (χ3v) is 13.8. The van der Waals surface area contributed by atoms with Crippen LogP contribution in [0, 0.1) is 0 Å². The third kappa shape index (κ3) is 15.6. The SMILES string of the molecule is Brc1ccc(CN2CCOCC2)cn1.COc1cc(OC)c(Cl)c(Nc2ncncc2-c2cc(N)ncn2)c1Cl.COc1cc(OC)c(Cl)c(Nc2ncncc2-c2cc(Nc3ccc(CN4CCOCC4)cn3)ncn2)c1Cl. The first kappa shape index (κ1) is 58.1. The van der Waals surface area contributed by atoms with Crippen molar-refractivity contribution in [3.05, 3.63) is 134 Å². The van der Waals surface area contributed by atoms with E-state index in [0.717, 1.165) is 75.9 Å². The molecule has 0 unspecified atom stereocenters. The Morgan fingerprint density at radius 3 is 1.39 bits per heavy atom. The first-order valence-electron chi connectivity index (χ1n) is 24.1. The van der Waals surface area contributed by atoms with E-state index in [0.29, 0.717) is 86.0 Å². The minimum Gasteiger partial charge on any atom is -0.495 e. The maximum atomic E-state index is 6.55. The van der Waals surface area contributed by atoms with Gasteiger partial charge in [-0.2, -0.15) is 0 Å². The first-order chi connectivity index (χ1) is 38.4. The minimum absolute atomic E-state index is 0.279. The molecule has 8 aromatic rings. The number of nitrogens with two attached hydrogens (primary N) is 1. The number of aromatic nitrogens is 10. The van der Waals surface area contributed by atoms with Crippen LogP contribution in [-0.4, -0.2) is 141 Å². The van der Waals surface area contributed by atoms with E-state index in [1.54, 1.807) is 36.7 Å². The van der Waals surface area contributed by atoms with Crippen molar-refractivity contribution in [3.63, 3.8) is 0 Å². The molecule has 22 nitrogen and oxygen atoms in total. The van der Waals surface area contributed by atoms with E-state index >= 15 is 0 Å². The van der Waals surface area contributed by atoms with E-state index in [1.165, 1.54) is 59.3 Å². The molecule has 2 saturated heterocycles. The van der Waals surface area contributed by atoms with Gasteiger partial charge in [-0.15, -0.1) is 0 Å². The van der Waals surface area contributed by atoms with Crippen LogP contribution in [-0.2, 0) is 22.6 Å². The quantitative estimate of drug-likeness (QED) is 0.0656. The molecule has 0 amide bonds. The number of nitrogens with one attached hydrogen (secondary N) is 3. The highest BCUT2D eigenvalue weighted by atomic mass is 79.9. The molecule has 10 rings (SSSR count). The van der Waals surface area contributed by atoms with E-state index < -0.39 is 0 Å². The summed E-state index contributed by atoms with van der Waals surface area (Å²) in [5.41, 5.74) is 11.2. The van der Waals surface area contributed by atoms with Gasteiger partial charge in [0.25, 0.3) is 0 Å². The monoisotopic (exact) mass is 1220 g/mol. The van der Waals surface area contributed by atoms with Crippen LogP contribution < -0.4 is 40.6 Å². The molecule has 79 heavy (non-hydrogen) atoms. The second-order valence-corrected chi connectivity index (χ2v) is 19.3. The van der Waals surface area contributed by atoms with Crippen molar-refractivity contribution in [2.45, 2.75) is 13.1 Å². The number of hydrogen-bond donors (Lipinski definition) is 4. The molecule has 6 aromatic heterocycles. The molecule has 5 N–H and O–H groups in total. The van der Waals surface area contributed by atoms with E-state index in [1.807, 2.05) is 24.5 Å². The molecule has 2 aliphatic heterocycles. The molecule has 8 heterocycles. The number of halogens is 5. The Hall–Kier alpha value is -7.06. The van der Waals surface area contributed by atoms with Gasteiger partial charge in [0, 0.05) is 88.3 Å². The highest BCUT2D eigenvalue weighted by Gasteiger charge is 2.22. The number of hydrogen-bond acceptors (Lipinski definition) is 22. The second-order valence-electron chi connectivity index (χ2n) is 16.9. The summed E-state index contributed by atoms with van der Waals surface area (Å²) >= 11 is 29.2. The number of ether oxygens (including phenoxy) is 6. The van der Waals surface area contributed by atoms with E-state index in [-0.39, 0.29) is 20.1 Å². The Morgan fingerprint density at radius 1 is 0.506 bits per heavy atom. The summed E-state index contributed by atoms with van der Waals surface area (Å²) in [4.78, 5) is 47.2. The average molecular weight is 1220 g/mol. The van der Waals surface area contributed by atoms with Crippen LogP contribution in [0.25, 0.3) is 22.5 Å². The number of methoxy groups -OCH3 is 4. The number of benzene rings is 2. The van der Waals surface area contributed by atoms with E-state index in [2.05, 4.69) is 104 Å². The lowest BCUT2D eigenvalue weighted by Crippen LogP contribution is -2.35. The zero-order valence-corrected chi connectivity index (χ0v) is 47.7. The summed E-state index contributed by atoms with van der Waals surface area (Å²) < 4.78 is 32.9. The van der Waals surface area contributed by atoms with Crippen molar-refractivity contribution in [2.24, 2.45) is 0 Å². The van der Waals surface area contributed by atoms with Crippen molar-refractivity contribution in [1.29, 1.82) is 0 Å². The molecule has 0 saturated carbocycles. The number of pyridine rings is 2. The number of nitrogens with zero attached hydrogens (tertiary/aromatic N) is 12. The van der Waals surface area contributed by atoms with Gasteiger partial charge in [-0.1, -0.05) is 58.5 Å². The Kier molecular flexibility index (Phi) is 21.1. The summed E-state index contributed by atoms with van der Waals surface area (Å²) in [5.74, 6) is 3.99. The molecule has 0 radical (unpaired) electrons. The lowest BCUT2D eigenvalue weighted by Gasteiger charge is -2.26. The zero-order chi connectivity index (χ0) is 55.7. The number of nitrogen functional groups attached to an aromatic ring is 1. The van der Waals surface area contributed by atoms with Gasteiger partial charge in [-0.05, 0) is 39.2 Å². The molecule has 0 atom stereocenters. The highest BCUT2D eigenvalue weighted by Crippen LogP contribution is 2.47. The Bertz CT molecular complexity index is 3240. The molecule has 0 spiro atoms. The molecule has 27 heteroatoms. The van der Waals surface area contributed by atoms with Gasteiger partial charge in [-0.25, -0.2) is 49.8 Å². The lowest BCUT2D eigenvalue weighted by molar-refractivity contribution is 0.0341. The average Bonchev–Trinajstić information content (AvgIpc) is 3.56. The largest absolute Gasteiger partial charge is 0.495 e. The summed E-state index contributed by atoms with van der Waals surface area (Å²) in [7, 11) is 6.02. The van der Waals surface area contributed by atoms with Crippen LogP contribution in [0.15, 0.2) is 103 Å². The zero-order valence-electron chi connectivity index (χ0n) is 43.1. The molecule has 2 aromatic carbocycles. The van der Waals surface area contributed by atoms with Crippen LogP contribution in [0.2, 0.25) is 20.1 Å². The molecular formula is C52H53BrCl4N16O6. The van der Waals surface area contributed by atoms with E-state index in [4.69, 9.17) is 80.6 Å². The predicted octanol–water partition coefficient (Wildman–Crippen LogP) is 10.2. The van der Waals surface area contributed by atoms with Crippen molar-refractivity contribution in [2.75, 3.05) is 103 Å². The molecule has 2 fully saturated rings. The molecule has 0 bridgehead atoms. The normalized spacial score (nSPS) is 13.4. The lowest BCUT2D eigenvalue weighted by atomic mass is 10.2. The van der Waals surface area contributed by atoms with Crippen molar-refractivity contribution in [3.8, 4) is 45.5 Å². The van der Waals surface area contributed by atoms with Crippen molar-refractivity contribution in [1.82, 2.24) is 59.6 Å². The van der Waals surface area contributed by atoms with E-state index in [9.17, 15) is 0 Å². The van der Waals surface area contributed by atoms with Gasteiger partial charge in [-0.3, -0.25) is 9.80 Å². The van der Waals surface area contributed by atoms with Gasteiger partial charge in [0.2, 0.25) is 0 Å². The summed E-state index contributed by atoms with van der Waals surface area (Å²) in [6.45, 7) is 8.94. The molecular weight excluding hydrogens is 1170 g/mol. The minimum atomic E-state index is 0.279. The van der Waals surface area contributed by atoms with Crippen LogP contribution in [0.5, 0.6) is 23.0 Å². The van der Waals surface area contributed by atoms with Crippen molar-refractivity contribution < 1.29 is 28.4 Å². The number of anilines is 7. The predicted molar refractivity (Wildman–Crippen MR) is 308 cm³/mol. The maximum absolute atomic E-state index is 6.55. The van der Waals surface area contributed by atoms with Crippen LogP contribution in [0.1, 0.15) is 11.1 Å².